The highest BCUT2D eigenvalue weighted by Gasteiger charge is 2.36. The van der Waals surface area contributed by atoms with E-state index in [4.69, 9.17) is 0 Å². The van der Waals surface area contributed by atoms with Gasteiger partial charge in [0.15, 0.2) is 0 Å². The minimum atomic E-state index is -1.02. The number of nitrogens with zero attached hydrogens (tertiary/aromatic N) is 1. The SMILES string of the molecule is CC(C)(O)C(C)(C)NC(=O)c1ncccc1Br. The Morgan fingerprint density at radius 1 is 1.41 bits per heavy atom. The molecule has 0 spiro atoms. The van der Waals surface area contributed by atoms with Gasteiger partial charge in [0.25, 0.3) is 5.91 Å². The average molecular weight is 301 g/mol. The van der Waals surface area contributed by atoms with Gasteiger partial charge in [0, 0.05) is 10.7 Å². The quantitative estimate of drug-likeness (QED) is 0.899. The molecule has 0 saturated carbocycles. The molecule has 4 nitrogen and oxygen atoms in total. The van der Waals surface area contributed by atoms with Crippen LogP contribution < -0.4 is 5.32 Å². The standard InChI is InChI=1S/C12H17BrN2O2/c1-11(2,12(3,4)17)15-10(16)9-8(13)6-5-7-14-9/h5-7,17H,1-4H3,(H,15,16). The summed E-state index contributed by atoms with van der Waals surface area (Å²) in [4.78, 5) is 16.0. The average Bonchev–Trinajstić information content (AvgIpc) is 2.15. The van der Waals surface area contributed by atoms with E-state index in [2.05, 4.69) is 26.2 Å². The second kappa shape index (κ2) is 4.74. The zero-order valence-electron chi connectivity index (χ0n) is 10.4. The van der Waals surface area contributed by atoms with Crippen LogP contribution in [0.25, 0.3) is 0 Å². The molecular weight excluding hydrogens is 284 g/mol. The third kappa shape index (κ3) is 3.26. The number of nitrogens with one attached hydrogen (secondary N) is 1. The first-order valence-corrected chi connectivity index (χ1v) is 6.10. The van der Waals surface area contributed by atoms with E-state index in [1.165, 1.54) is 0 Å². The van der Waals surface area contributed by atoms with E-state index in [9.17, 15) is 9.90 Å². The number of aromatic nitrogens is 1. The maximum atomic E-state index is 12.0. The van der Waals surface area contributed by atoms with Crippen molar-refractivity contribution in [1.29, 1.82) is 0 Å². The van der Waals surface area contributed by atoms with E-state index in [1.54, 1.807) is 46.0 Å². The normalized spacial score (nSPS) is 12.4. The summed E-state index contributed by atoms with van der Waals surface area (Å²) in [5.41, 5.74) is -1.46. The Kier molecular flexibility index (Phi) is 3.94. The third-order valence-electron chi connectivity index (χ3n) is 2.93. The lowest BCUT2D eigenvalue weighted by molar-refractivity contribution is -0.00304. The molecule has 1 rings (SSSR count). The summed E-state index contributed by atoms with van der Waals surface area (Å²) in [6.07, 6.45) is 1.55. The smallest absolute Gasteiger partial charge is 0.271 e. The van der Waals surface area contributed by atoms with Crippen LogP contribution in [0.2, 0.25) is 0 Å². The van der Waals surface area contributed by atoms with Gasteiger partial charge in [0.1, 0.15) is 5.69 Å². The van der Waals surface area contributed by atoms with Gasteiger partial charge in [-0.15, -0.1) is 0 Å². The van der Waals surface area contributed by atoms with Crippen molar-refractivity contribution in [3.05, 3.63) is 28.5 Å². The molecule has 17 heavy (non-hydrogen) atoms. The lowest BCUT2D eigenvalue weighted by atomic mass is 9.86. The number of hydrogen-bond acceptors (Lipinski definition) is 3. The fraction of sp³-hybridized carbons (Fsp3) is 0.500. The van der Waals surface area contributed by atoms with Crippen LogP contribution in [0.1, 0.15) is 38.2 Å². The molecule has 0 aliphatic carbocycles. The summed E-state index contributed by atoms with van der Waals surface area (Å²) in [5.74, 6) is -0.315. The summed E-state index contributed by atoms with van der Waals surface area (Å²) >= 11 is 3.27. The van der Waals surface area contributed by atoms with Crippen LogP contribution in [0.5, 0.6) is 0 Å². The lowest BCUT2D eigenvalue weighted by Gasteiger charge is -2.37. The van der Waals surface area contributed by atoms with Gasteiger partial charge in [-0.2, -0.15) is 0 Å². The minimum Gasteiger partial charge on any atom is -0.388 e. The maximum Gasteiger partial charge on any atom is 0.271 e. The van der Waals surface area contributed by atoms with Crippen LogP contribution in [0.3, 0.4) is 0 Å². The Balaban J connectivity index is 2.92. The number of carbonyl (C=O) groups excluding carboxylic acids is 1. The summed E-state index contributed by atoms with van der Waals surface area (Å²) in [6, 6.07) is 3.49. The van der Waals surface area contributed by atoms with Crippen molar-refractivity contribution in [1.82, 2.24) is 10.3 Å². The highest BCUT2D eigenvalue weighted by atomic mass is 79.9. The highest BCUT2D eigenvalue weighted by Crippen LogP contribution is 2.22. The van der Waals surface area contributed by atoms with E-state index in [0.717, 1.165) is 0 Å². The van der Waals surface area contributed by atoms with Gasteiger partial charge in [0.2, 0.25) is 0 Å². The first kappa shape index (κ1) is 14.1. The second-order valence-electron chi connectivity index (χ2n) is 4.97. The largest absolute Gasteiger partial charge is 0.388 e. The zero-order chi connectivity index (χ0) is 13.3. The van der Waals surface area contributed by atoms with Crippen molar-refractivity contribution >= 4 is 21.8 Å². The molecule has 0 aliphatic heterocycles. The van der Waals surface area contributed by atoms with Crippen molar-refractivity contribution < 1.29 is 9.90 Å². The Hall–Kier alpha value is -0.940. The molecule has 5 heteroatoms. The van der Waals surface area contributed by atoms with Crippen molar-refractivity contribution in [2.45, 2.75) is 38.8 Å². The Morgan fingerprint density at radius 3 is 2.47 bits per heavy atom. The van der Waals surface area contributed by atoms with E-state index in [1.807, 2.05) is 0 Å². The van der Waals surface area contributed by atoms with Crippen molar-refractivity contribution in [3.63, 3.8) is 0 Å². The van der Waals surface area contributed by atoms with Gasteiger partial charge in [-0.3, -0.25) is 4.79 Å². The molecular formula is C12H17BrN2O2. The minimum absolute atomic E-state index is 0.310. The number of aliphatic hydroxyl groups is 1. The van der Waals surface area contributed by atoms with Gasteiger partial charge in [-0.1, -0.05) is 0 Å². The Labute approximate surface area is 110 Å². The highest BCUT2D eigenvalue weighted by molar-refractivity contribution is 9.10. The first-order chi connectivity index (χ1) is 7.65. The molecule has 94 valence electrons. The first-order valence-electron chi connectivity index (χ1n) is 5.30. The van der Waals surface area contributed by atoms with Gasteiger partial charge in [-0.05, 0) is 55.8 Å². The molecule has 1 amide bonds. The molecule has 1 heterocycles. The Morgan fingerprint density at radius 2 is 2.00 bits per heavy atom. The van der Waals surface area contributed by atoms with Crippen LogP contribution >= 0.6 is 15.9 Å². The Bertz CT molecular complexity index is 425. The molecule has 0 unspecified atom stereocenters. The van der Waals surface area contributed by atoms with Gasteiger partial charge >= 0.3 is 0 Å². The number of hydrogen-bond donors (Lipinski definition) is 2. The van der Waals surface area contributed by atoms with Crippen LogP contribution in [0.4, 0.5) is 0 Å². The molecule has 1 aromatic rings. The monoisotopic (exact) mass is 300 g/mol. The maximum absolute atomic E-state index is 12.0. The number of halogens is 1. The molecule has 0 saturated heterocycles. The molecule has 0 aromatic carbocycles. The molecule has 1 aromatic heterocycles. The number of amides is 1. The predicted octanol–water partition coefficient (Wildman–Crippen LogP) is 2.12. The molecule has 0 aliphatic rings. The number of carbonyl (C=O) groups is 1. The topological polar surface area (TPSA) is 62.2 Å². The van der Waals surface area contributed by atoms with Crippen LogP contribution in [0.15, 0.2) is 22.8 Å². The molecule has 0 fully saturated rings. The molecule has 2 N–H and O–H groups in total. The summed E-state index contributed by atoms with van der Waals surface area (Å²) in [7, 11) is 0. The van der Waals surface area contributed by atoms with Crippen molar-refractivity contribution in [2.24, 2.45) is 0 Å². The number of rotatable bonds is 3. The van der Waals surface area contributed by atoms with Crippen LogP contribution in [0, 0.1) is 0 Å². The van der Waals surface area contributed by atoms with E-state index >= 15 is 0 Å². The fourth-order valence-electron chi connectivity index (χ4n) is 1.05. The molecule has 0 bridgehead atoms. The van der Waals surface area contributed by atoms with Crippen LogP contribution in [-0.4, -0.2) is 27.1 Å². The van der Waals surface area contributed by atoms with E-state index in [0.29, 0.717) is 10.2 Å². The third-order valence-corrected chi connectivity index (χ3v) is 3.57. The molecule has 0 atom stereocenters. The predicted molar refractivity (Wildman–Crippen MR) is 69.8 cm³/mol. The van der Waals surface area contributed by atoms with Gasteiger partial charge in [0.05, 0.1) is 11.1 Å². The number of pyridine rings is 1. The van der Waals surface area contributed by atoms with E-state index in [-0.39, 0.29) is 5.91 Å². The van der Waals surface area contributed by atoms with Crippen LogP contribution in [-0.2, 0) is 0 Å². The zero-order valence-corrected chi connectivity index (χ0v) is 12.0. The second-order valence-corrected chi connectivity index (χ2v) is 5.83. The molecule has 0 radical (unpaired) electrons. The summed E-state index contributed by atoms with van der Waals surface area (Å²) in [5, 5.41) is 12.7. The lowest BCUT2D eigenvalue weighted by Crippen LogP contribution is -2.57. The summed E-state index contributed by atoms with van der Waals surface area (Å²) < 4.78 is 0.629. The summed E-state index contributed by atoms with van der Waals surface area (Å²) in [6.45, 7) is 6.84. The fourth-order valence-corrected chi connectivity index (χ4v) is 1.48. The van der Waals surface area contributed by atoms with Gasteiger partial charge in [-0.25, -0.2) is 4.98 Å². The van der Waals surface area contributed by atoms with Crippen molar-refractivity contribution in [3.8, 4) is 0 Å². The van der Waals surface area contributed by atoms with Crippen molar-refractivity contribution in [2.75, 3.05) is 0 Å². The van der Waals surface area contributed by atoms with E-state index < -0.39 is 11.1 Å². The van der Waals surface area contributed by atoms with Gasteiger partial charge < -0.3 is 10.4 Å².